The van der Waals surface area contributed by atoms with Crippen LogP contribution in [0.15, 0.2) is 17.8 Å². The van der Waals surface area contributed by atoms with E-state index in [2.05, 4.69) is 4.98 Å². The lowest BCUT2D eigenvalue weighted by Crippen LogP contribution is -2.13. The Morgan fingerprint density at radius 1 is 1.35 bits per heavy atom. The maximum atomic E-state index is 10.7. The minimum Gasteiger partial charge on any atom is -0.362 e. The highest BCUT2D eigenvalue weighted by Crippen LogP contribution is 2.30. The first kappa shape index (κ1) is 13.7. The quantitative estimate of drug-likeness (QED) is 0.365. The molecule has 1 aromatic rings. The van der Waals surface area contributed by atoms with E-state index >= 15 is 0 Å². The van der Waals surface area contributed by atoms with Gasteiger partial charge in [0.25, 0.3) is 0 Å². The Morgan fingerprint density at radius 3 is 2.41 bits per heavy atom. The molecule has 0 saturated carbocycles. The largest absolute Gasteiger partial charge is 0.362 e. The molecule has 90 valence electrons. The zero-order valence-electron chi connectivity index (χ0n) is 9.28. The number of carbonyl (C=O) groups excluding carboxylic acids is 2. The third-order valence-electron chi connectivity index (χ3n) is 2.00. The van der Waals surface area contributed by atoms with Crippen molar-refractivity contribution in [3.05, 3.63) is 28.4 Å². The van der Waals surface area contributed by atoms with Crippen molar-refractivity contribution in [2.24, 2.45) is 0 Å². The minimum atomic E-state index is -0.140. The molecule has 0 unspecified atom stereocenters. The fraction of sp³-hybridized carbons (Fsp3) is 0.182. The number of carbonyl (C=O) groups is 2. The summed E-state index contributed by atoms with van der Waals surface area (Å²) in [6.07, 6.45) is 2.26. The van der Waals surface area contributed by atoms with Crippen LogP contribution in [0.1, 0.15) is 5.56 Å². The van der Waals surface area contributed by atoms with Gasteiger partial charge in [0.05, 0.1) is 15.6 Å². The third kappa shape index (κ3) is 3.05. The first-order valence-electron chi connectivity index (χ1n) is 4.64. The molecule has 0 N–H and O–H groups in total. The van der Waals surface area contributed by atoms with Crippen LogP contribution in [0, 0.1) is 0 Å². The summed E-state index contributed by atoms with van der Waals surface area (Å²) in [7, 11) is 3.54. The van der Waals surface area contributed by atoms with Crippen LogP contribution in [0.5, 0.6) is 0 Å². The van der Waals surface area contributed by atoms with E-state index in [1.54, 1.807) is 25.1 Å². The van der Waals surface area contributed by atoms with Gasteiger partial charge in [-0.1, -0.05) is 23.2 Å². The lowest BCUT2D eigenvalue weighted by Gasteiger charge is -2.16. The maximum absolute atomic E-state index is 10.7. The van der Waals surface area contributed by atoms with Crippen LogP contribution in [0.25, 0.3) is 5.03 Å². The van der Waals surface area contributed by atoms with E-state index in [-0.39, 0.29) is 10.6 Å². The summed E-state index contributed by atoms with van der Waals surface area (Å²) in [5.74, 6) is 0.528. The predicted octanol–water partition coefficient (Wildman–Crippen LogP) is 2.15. The van der Waals surface area contributed by atoms with Crippen LogP contribution in [0.2, 0.25) is 5.02 Å². The monoisotopic (exact) mass is 272 g/mol. The zero-order chi connectivity index (χ0) is 13.0. The maximum Gasteiger partial charge on any atom is 0.154 e. The first-order valence-corrected chi connectivity index (χ1v) is 5.40. The van der Waals surface area contributed by atoms with Crippen molar-refractivity contribution in [2.45, 2.75) is 0 Å². The molecule has 0 atom stereocenters. The number of aldehydes is 2. The van der Waals surface area contributed by atoms with Crippen LogP contribution >= 0.6 is 23.2 Å². The number of hydrogen-bond donors (Lipinski definition) is 0. The Balaban J connectivity index is 3.48. The van der Waals surface area contributed by atoms with Crippen LogP contribution in [-0.4, -0.2) is 31.7 Å². The van der Waals surface area contributed by atoms with Gasteiger partial charge >= 0.3 is 0 Å². The molecule has 0 aliphatic heterocycles. The molecule has 0 aliphatic carbocycles. The van der Waals surface area contributed by atoms with E-state index in [9.17, 15) is 9.59 Å². The second-order valence-electron chi connectivity index (χ2n) is 3.42. The predicted molar refractivity (Wildman–Crippen MR) is 68.5 cm³/mol. The van der Waals surface area contributed by atoms with E-state index in [1.807, 2.05) is 0 Å². The number of pyridine rings is 1. The van der Waals surface area contributed by atoms with Crippen LogP contribution in [0.3, 0.4) is 0 Å². The molecule has 0 bridgehead atoms. The molecule has 0 amide bonds. The van der Waals surface area contributed by atoms with Gasteiger partial charge in [0.1, 0.15) is 5.82 Å². The summed E-state index contributed by atoms with van der Waals surface area (Å²) < 4.78 is 0. The lowest BCUT2D eigenvalue weighted by molar-refractivity contribution is -0.109. The molecule has 0 aliphatic rings. The Labute approximate surface area is 109 Å². The van der Waals surface area contributed by atoms with E-state index in [4.69, 9.17) is 23.2 Å². The minimum absolute atomic E-state index is 0.0358. The molecule has 0 fully saturated rings. The fourth-order valence-corrected chi connectivity index (χ4v) is 1.62. The summed E-state index contributed by atoms with van der Waals surface area (Å²) in [6.45, 7) is 0. The van der Waals surface area contributed by atoms with Crippen LogP contribution in [0.4, 0.5) is 5.82 Å². The van der Waals surface area contributed by atoms with Crippen molar-refractivity contribution in [1.29, 1.82) is 0 Å². The van der Waals surface area contributed by atoms with E-state index in [0.717, 1.165) is 0 Å². The zero-order valence-corrected chi connectivity index (χ0v) is 10.8. The smallest absolute Gasteiger partial charge is 0.154 e. The molecule has 0 saturated heterocycles. The average Bonchev–Trinajstić information content (AvgIpc) is 2.29. The van der Waals surface area contributed by atoms with Gasteiger partial charge < -0.3 is 4.90 Å². The topological polar surface area (TPSA) is 50.3 Å². The van der Waals surface area contributed by atoms with Gasteiger partial charge in [0, 0.05) is 25.9 Å². The number of rotatable bonds is 4. The van der Waals surface area contributed by atoms with E-state index in [1.165, 1.54) is 6.20 Å². The highest BCUT2D eigenvalue weighted by molar-refractivity contribution is 6.53. The Hall–Kier alpha value is -1.39. The molecule has 1 aromatic heterocycles. The summed E-state index contributed by atoms with van der Waals surface area (Å²) in [4.78, 5) is 27.2. The number of aromatic nitrogens is 1. The molecule has 0 spiro atoms. The average molecular weight is 273 g/mol. The number of allylic oxidation sites excluding steroid dienone is 1. The van der Waals surface area contributed by atoms with Gasteiger partial charge in [-0.05, 0) is 6.07 Å². The summed E-state index contributed by atoms with van der Waals surface area (Å²) in [5, 5.41) is 0.411. The van der Waals surface area contributed by atoms with Gasteiger partial charge in [-0.25, -0.2) is 4.98 Å². The normalized spacial score (nSPS) is 9.65. The molecule has 6 heteroatoms. The first-order chi connectivity index (χ1) is 8.01. The highest BCUT2D eigenvalue weighted by atomic mass is 35.5. The van der Waals surface area contributed by atoms with E-state index in [0.29, 0.717) is 29.0 Å². The summed E-state index contributed by atoms with van der Waals surface area (Å²) in [5.41, 5.74) is 0.303. The third-order valence-corrected chi connectivity index (χ3v) is 2.63. The van der Waals surface area contributed by atoms with Crippen molar-refractivity contribution in [3.8, 4) is 0 Å². The van der Waals surface area contributed by atoms with Crippen molar-refractivity contribution in [1.82, 2.24) is 4.98 Å². The summed E-state index contributed by atoms with van der Waals surface area (Å²) in [6, 6.07) is 1.55. The van der Waals surface area contributed by atoms with Crippen molar-refractivity contribution < 1.29 is 9.59 Å². The van der Waals surface area contributed by atoms with Gasteiger partial charge in [0.2, 0.25) is 0 Å². The molecule has 1 rings (SSSR count). The highest BCUT2D eigenvalue weighted by Gasteiger charge is 2.14. The standard InChI is InChI=1S/C11H10Cl2N2O2/c1-15(2)11-9(3-8(12)4-14-11)10(13)7(5-16)6-17/h3-6H,1-2H3. The Bertz CT molecular complexity index is 474. The Morgan fingerprint density at radius 2 is 1.94 bits per heavy atom. The van der Waals surface area contributed by atoms with E-state index < -0.39 is 0 Å². The van der Waals surface area contributed by atoms with Gasteiger partial charge in [0.15, 0.2) is 12.6 Å². The van der Waals surface area contributed by atoms with Crippen LogP contribution in [-0.2, 0) is 9.59 Å². The molecule has 0 radical (unpaired) electrons. The SMILES string of the molecule is CN(C)c1ncc(Cl)cc1C(Cl)=C(C=O)C=O. The van der Waals surface area contributed by atoms with Gasteiger partial charge in [-0.3, -0.25) is 9.59 Å². The van der Waals surface area contributed by atoms with Crippen molar-refractivity contribution >= 4 is 46.6 Å². The van der Waals surface area contributed by atoms with Gasteiger partial charge in [-0.2, -0.15) is 0 Å². The van der Waals surface area contributed by atoms with Crippen molar-refractivity contribution in [3.63, 3.8) is 0 Å². The fourth-order valence-electron chi connectivity index (χ4n) is 1.24. The second kappa shape index (κ2) is 5.80. The molecule has 4 nitrogen and oxygen atoms in total. The van der Waals surface area contributed by atoms with Crippen LogP contribution < -0.4 is 4.90 Å². The molecule has 17 heavy (non-hydrogen) atoms. The van der Waals surface area contributed by atoms with Crippen molar-refractivity contribution in [2.75, 3.05) is 19.0 Å². The number of nitrogens with zero attached hydrogens (tertiary/aromatic N) is 2. The summed E-state index contributed by atoms with van der Waals surface area (Å²) >= 11 is 11.8. The number of halogens is 2. The molecular formula is C11H10Cl2N2O2. The molecular weight excluding hydrogens is 263 g/mol. The molecule has 0 aromatic carbocycles. The number of anilines is 1. The lowest BCUT2D eigenvalue weighted by atomic mass is 10.1. The number of hydrogen-bond acceptors (Lipinski definition) is 4. The second-order valence-corrected chi connectivity index (χ2v) is 4.24. The Kier molecular flexibility index (Phi) is 4.66. The molecule has 1 heterocycles. The van der Waals surface area contributed by atoms with Gasteiger partial charge in [-0.15, -0.1) is 0 Å².